The number of aromatic nitrogens is 2. The fourth-order valence-electron chi connectivity index (χ4n) is 1.53. The van der Waals surface area contributed by atoms with Crippen LogP contribution in [-0.2, 0) is 0 Å². The molecule has 0 fully saturated rings. The molecule has 0 saturated heterocycles. The zero-order chi connectivity index (χ0) is 13.7. The summed E-state index contributed by atoms with van der Waals surface area (Å²) in [6, 6.07) is 9.61. The van der Waals surface area contributed by atoms with Gasteiger partial charge in [-0.25, -0.2) is 9.67 Å². The van der Waals surface area contributed by atoms with Gasteiger partial charge in [0.05, 0.1) is 17.1 Å². The average Bonchev–Trinajstić information content (AvgIpc) is 2.86. The molecule has 2 rings (SSSR count). The molecule has 2 aromatic rings. The molecule has 1 N–H and O–H groups in total. The molecule has 0 aliphatic heterocycles. The number of aryl methyl sites for hydroxylation is 1. The molecular formula is C13H13N5S. The molecule has 0 radical (unpaired) electrons. The number of aliphatic imine (C=N–C) groups is 1. The van der Waals surface area contributed by atoms with Gasteiger partial charge < -0.3 is 0 Å². The molecule has 19 heavy (non-hydrogen) atoms. The predicted octanol–water partition coefficient (Wildman–Crippen LogP) is 2.60. The van der Waals surface area contributed by atoms with Crippen LogP contribution in [0.15, 0.2) is 41.5 Å². The van der Waals surface area contributed by atoms with Crippen molar-refractivity contribution in [3.8, 4) is 11.9 Å². The number of hydrogen-bond acceptors (Lipinski definition) is 4. The summed E-state index contributed by atoms with van der Waals surface area (Å²) in [5.41, 5.74) is 2.75. The van der Waals surface area contributed by atoms with Crippen LogP contribution in [-0.4, -0.2) is 21.2 Å². The van der Waals surface area contributed by atoms with Gasteiger partial charge in [-0.2, -0.15) is 10.4 Å². The summed E-state index contributed by atoms with van der Waals surface area (Å²) in [7, 11) is 0. The van der Waals surface area contributed by atoms with Crippen LogP contribution in [0.1, 0.15) is 5.69 Å². The SMILES string of the molecule is CSC(=Nc1ccc(-n2ccc(C)n2)cc1)NC#N. The van der Waals surface area contributed by atoms with Gasteiger partial charge in [0.1, 0.15) is 0 Å². The quantitative estimate of drug-likeness (QED) is 0.394. The monoisotopic (exact) mass is 271 g/mol. The van der Waals surface area contributed by atoms with Crippen LogP contribution in [0, 0.1) is 18.4 Å². The summed E-state index contributed by atoms with van der Waals surface area (Å²) in [4.78, 5) is 4.32. The second-order valence-corrected chi connectivity index (χ2v) is 4.57. The van der Waals surface area contributed by atoms with E-state index < -0.39 is 0 Å². The van der Waals surface area contributed by atoms with Gasteiger partial charge in [0.2, 0.25) is 0 Å². The fraction of sp³-hybridized carbons (Fsp3) is 0.154. The Kier molecular flexibility index (Phi) is 4.21. The van der Waals surface area contributed by atoms with Crippen molar-refractivity contribution in [3.05, 3.63) is 42.2 Å². The molecule has 1 heterocycles. The minimum atomic E-state index is 0.574. The number of nitriles is 1. The highest BCUT2D eigenvalue weighted by atomic mass is 32.2. The Morgan fingerprint density at radius 1 is 1.37 bits per heavy atom. The zero-order valence-corrected chi connectivity index (χ0v) is 11.5. The standard InChI is InChI=1S/C13H13N5S/c1-10-7-8-18(17-10)12-5-3-11(4-6-12)16-13(19-2)15-9-14/h3-8H,1-2H3,(H,15,16). The van der Waals surface area contributed by atoms with Crippen LogP contribution < -0.4 is 5.32 Å². The first kappa shape index (κ1) is 13.2. The molecule has 1 aromatic carbocycles. The third-order valence-electron chi connectivity index (χ3n) is 2.42. The van der Waals surface area contributed by atoms with Crippen LogP contribution in [0.4, 0.5) is 5.69 Å². The van der Waals surface area contributed by atoms with E-state index in [4.69, 9.17) is 5.26 Å². The molecule has 0 unspecified atom stereocenters. The van der Waals surface area contributed by atoms with E-state index in [0.717, 1.165) is 17.1 Å². The second-order valence-electron chi connectivity index (χ2n) is 3.78. The normalized spacial score (nSPS) is 11.1. The lowest BCUT2D eigenvalue weighted by molar-refractivity contribution is 0.863. The van der Waals surface area contributed by atoms with Gasteiger partial charge in [0.15, 0.2) is 11.4 Å². The van der Waals surface area contributed by atoms with E-state index in [-0.39, 0.29) is 0 Å². The lowest BCUT2D eigenvalue weighted by atomic mass is 10.3. The van der Waals surface area contributed by atoms with E-state index in [0.29, 0.717) is 5.17 Å². The van der Waals surface area contributed by atoms with E-state index in [1.807, 2.05) is 60.6 Å². The number of benzene rings is 1. The molecule has 0 spiro atoms. The van der Waals surface area contributed by atoms with Crippen molar-refractivity contribution < 1.29 is 0 Å². The van der Waals surface area contributed by atoms with Gasteiger partial charge >= 0.3 is 0 Å². The van der Waals surface area contributed by atoms with E-state index in [1.165, 1.54) is 11.8 Å². The Bertz CT molecular complexity index is 621. The first-order chi connectivity index (χ1) is 9.22. The van der Waals surface area contributed by atoms with Crippen molar-refractivity contribution in [2.24, 2.45) is 4.99 Å². The van der Waals surface area contributed by atoms with E-state index in [2.05, 4.69) is 15.4 Å². The molecule has 1 aromatic heterocycles. The van der Waals surface area contributed by atoms with Gasteiger partial charge in [0, 0.05) is 6.20 Å². The summed E-state index contributed by atoms with van der Waals surface area (Å²) in [6.07, 6.45) is 5.64. The molecule has 6 heteroatoms. The highest BCUT2D eigenvalue weighted by Crippen LogP contribution is 2.17. The summed E-state index contributed by atoms with van der Waals surface area (Å²) in [5.74, 6) is 0. The topological polar surface area (TPSA) is 66.0 Å². The van der Waals surface area contributed by atoms with Gasteiger partial charge in [-0.05, 0) is 43.5 Å². The van der Waals surface area contributed by atoms with Gasteiger partial charge in [-0.15, -0.1) is 0 Å². The van der Waals surface area contributed by atoms with Crippen LogP contribution >= 0.6 is 11.8 Å². The Balaban J connectivity index is 2.21. The molecule has 0 atom stereocenters. The Hall–Kier alpha value is -2.26. The second kappa shape index (κ2) is 6.07. The van der Waals surface area contributed by atoms with Crippen molar-refractivity contribution in [2.45, 2.75) is 6.92 Å². The largest absolute Gasteiger partial charge is 0.271 e. The minimum Gasteiger partial charge on any atom is -0.271 e. The molecule has 0 aliphatic carbocycles. The summed E-state index contributed by atoms with van der Waals surface area (Å²) >= 11 is 1.39. The third kappa shape index (κ3) is 3.36. The summed E-state index contributed by atoms with van der Waals surface area (Å²) in [6.45, 7) is 1.95. The lowest BCUT2D eigenvalue weighted by Gasteiger charge is -2.03. The molecule has 0 aliphatic rings. The van der Waals surface area contributed by atoms with Crippen molar-refractivity contribution in [1.82, 2.24) is 15.1 Å². The van der Waals surface area contributed by atoms with Crippen LogP contribution in [0.3, 0.4) is 0 Å². The summed E-state index contributed by atoms with van der Waals surface area (Å²) in [5, 5.41) is 16.0. The van der Waals surface area contributed by atoms with E-state index in [9.17, 15) is 0 Å². The van der Waals surface area contributed by atoms with Crippen molar-refractivity contribution in [3.63, 3.8) is 0 Å². The van der Waals surface area contributed by atoms with Crippen molar-refractivity contribution >= 4 is 22.6 Å². The van der Waals surface area contributed by atoms with Crippen LogP contribution in [0.2, 0.25) is 0 Å². The predicted molar refractivity (Wildman–Crippen MR) is 77.7 cm³/mol. The number of amidine groups is 1. The average molecular weight is 271 g/mol. The molecule has 0 bridgehead atoms. The lowest BCUT2D eigenvalue weighted by Crippen LogP contribution is -2.12. The van der Waals surface area contributed by atoms with Crippen molar-refractivity contribution in [2.75, 3.05) is 6.26 Å². The smallest absolute Gasteiger partial charge is 0.183 e. The number of nitrogens with zero attached hydrogens (tertiary/aromatic N) is 4. The number of hydrogen-bond donors (Lipinski definition) is 1. The number of rotatable bonds is 2. The minimum absolute atomic E-state index is 0.574. The maximum absolute atomic E-state index is 8.57. The first-order valence-electron chi connectivity index (χ1n) is 5.63. The molecule has 96 valence electrons. The summed E-state index contributed by atoms with van der Waals surface area (Å²) < 4.78 is 1.81. The molecule has 5 nitrogen and oxygen atoms in total. The maximum atomic E-state index is 8.57. The first-order valence-corrected chi connectivity index (χ1v) is 6.86. The number of thioether (sulfide) groups is 1. The fourth-order valence-corrected chi connectivity index (χ4v) is 1.87. The van der Waals surface area contributed by atoms with Crippen LogP contribution in [0.5, 0.6) is 0 Å². The molecule has 0 saturated carbocycles. The van der Waals surface area contributed by atoms with E-state index in [1.54, 1.807) is 0 Å². The maximum Gasteiger partial charge on any atom is 0.183 e. The Morgan fingerprint density at radius 2 is 2.11 bits per heavy atom. The molecular weight excluding hydrogens is 258 g/mol. The Labute approximate surface area is 116 Å². The Morgan fingerprint density at radius 3 is 2.63 bits per heavy atom. The highest BCUT2D eigenvalue weighted by Gasteiger charge is 2.00. The third-order valence-corrected chi connectivity index (χ3v) is 3.00. The zero-order valence-electron chi connectivity index (χ0n) is 10.7. The highest BCUT2D eigenvalue weighted by molar-refractivity contribution is 8.13. The van der Waals surface area contributed by atoms with Crippen molar-refractivity contribution in [1.29, 1.82) is 5.26 Å². The van der Waals surface area contributed by atoms with E-state index >= 15 is 0 Å². The van der Waals surface area contributed by atoms with Gasteiger partial charge in [-0.1, -0.05) is 11.8 Å². The molecule has 0 amide bonds. The van der Waals surface area contributed by atoms with Crippen LogP contribution in [0.25, 0.3) is 5.69 Å². The van der Waals surface area contributed by atoms with Gasteiger partial charge in [-0.3, -0.25) is 5.32 Å². The number of nitrogens with one attached hydrogen (secondary N) is 1. The van der Waals surface area contributed by atoms with Gasteiger partial charge in [0.25, 0.3) is 0 Å².